The van der Waals surface area contributed by atoms with Crippen molar-refractivity contribution in [3.8, 4) is 0 Å². The first kappa shape index (κ1) is 16.3. The van der Waals surface area contributed by atoms with Crippen molar-refractivity contribution in [2.45, 2.75) is 56.9 Å². The lowest BCUT2D eigenvalue weighted by Crippen LogP contribution is -2.58. The van der Waals surface area contributed by atoms with Crippen LogP contribution in [-0.4, -0.2) is 45.9 Å². The van der Waals surface area contributed by atoms with E-state index in [1.54, 1.807) is 10.7 Å². The fraction of sp³-hybridized carbons (Fsp3) is 0.765. The number of aryl methyl sites for hydroxylation is 1. The number of rotatable bonds is 4. The van der Waals surface area contributed by atoms with Crippen molar-refractivity contribution in [3.63, 3.8) is 0 Å². The second-order valence-electron chi connectivity index (χ2n) is 7.02. The summed E-state index contributed by atoms with van der Waals surface area (Å²) in [4.78, 5) is 14.8. The molecule has 0 bridgehead atoms. The van der Waals surface area contributed by atoms with Gasteiger partial charge in [-0.25, -0.2) is 4.79 Å². The minimum Gasteiger partial charge on any atom is -0.336 e. The zero-order chi connectivity index (χ0) is 16.1. The summed E-state index contributed by atoms with van der Waals surface area (Å²) in [6.07, 6.45) is 12.1. The Morgan fingerprint density at radius 2 is 1.87 bits per heavy atom. The van der Waals surface area contributed by atoms with Crippen molar-refractivity contribution in [1.29, 1.82) is 0 Å². The fourth-order valence-electron chi connectivity index (χ4n) is 4.07. The average molecular weight is 319 g/mol. The largest absolute Gasteiger partial charge is 0.336 e. The van der Waals surface area contributed by atoms with Gasteiger partial charge in [-0.05, 0) is 38.8 Å². The SMILES string of the molecule is Cn1ccc(NC(=O)NCC2(N3CCCCC3)CCCCC2)n1. The Bertz CT molecular complexity index is 515. The highest BCUT2D eigenvalue weighted by Crippen LogP contribution is 2.35. The van der Waals surface area contributed by atoms with E-state index >= 15 is 0 Å². The summed E-state index contributed by atoms with van der Waals surface area (Å²) < 4.78 is 1.69. The molecular formula is C17H29N5O. The van der Waals surface area contributed by atoms with Gasteiger partial charge in [0.25, 0.3) is 0 Å². The molecule has 1 saturated heterocycles. The van der Waals surface area contributed by atoms with Gasteiger partial charge in [0.1, 0.15) is 0 Å². The zero-order valence-corrected chi connectivity index (χ0v) is 14.2. The average Bonchev–Trinajstić information content (AvgIpc) is 2.99. The van der Waals surface area contributed by atoms with E-state index in [-0.39, 0.29) is 11.6 Å². The number of urea groups is 1. The Morgan fingerprint density at radius 1 is 1.17 bits per heavy atom. The van der Waals surface area contributed by atoms with Crippen molar-refractivity contribution >= 4 is 11.8 Å². The first-order valence-corrected chi connectivity index (χ1v) is 8.98. The van der Waals surface area contributed by atoms with Gasteiger partial charge in [-0.1, -0.05) is 25.7 Å². The van der Waals surface area contributed by atoms with Crippen LogP contribution in [0.3, 0.4) is 0 Å². The molecule has 0 aromatic carbocycles. The van der Waals surface area contributed by atoms with Crippen LogP contribution in [0.5, 0.6) is 0 Å². The molecule has 0 unspecified atom stereocenters. The quantitative estimate of drug-likeness (QED) is 0.897. The summed E-state index contributed by atoms with van der Waals surface area (Å²) in [6.45, 7) is 3.11. The second kappa shape index (κ2) is 7.34. The molecular weight excluding hydrogens is 290 g/mol. The Labute approximate surface area is 138 Å². The van der Waals surface area contributed by atoms with E-state index in [0.717, 1.165) is 6.54 Å². The monoisotopic (exact) mass is 319 g/mol. The molecule has 0 atom stereocenters. The van der Waals surface area contributed by atoms with Crippen LogP contribution in [0.15, 0.2) is 12.3 Å². The van der Waals surface area contributed by atoms with Crippen LogP contribution in [0.25, 0.3) is 0 Å². The number of carbonyl (C=O) groups is 1. The molecule has 128 valence electrons. The lowest BCUT2D eigenvalue weighted by molar-refractivity contribution is 0.0358. The number of carbonyl (C=O) groups excluding carboxylic acids is 1. The van der Waals surface area contributed by atoms with Crippen LogP contribution in [0.1, 0.15) is 51.4 Å². The van der Waals surface area contributed by atoms with Crippen LogP contribution >= 0.6 is 0 Å². The number of nitrogens with one attached hydrogen (secondary N) is 2. The minimum absolute atomic E-state index is 0.148. The van der Waals surface area contributed by atoms with E-state index in [1.165, 1.54) is 64.5 Å². The molecule has 2 aliphatic rings. The van der Waals surface area contributed by atoms with Crippen LogP contribution in [-0.2, 0) is 7.05 Å². The molecule has 1 aromatic heterocycles. The van der Waals surface area contributed by atoms with E-state index in [9.17, 15) is 4.79 Å². The number of anilines is 1. The highest BCUT2D eigenvalue weighted by atomic mass is 16.2. The zero-order valence-electron chi connectivity index (χ0n) is 14.2. The van der Waals surface area contributed by atoms with Gasteiger partial charge in [-0.3, -0.25) is 14.9 Å². The van der Waals surface area contributed by atoms with E-state index in [4.69, 9.17) is 0 Å². The van der Waals surface area contributed by atoms with Crippen LogP contribution in [0.4, 0.5) is 10.6 Å². The third-order valence-corrected chi connectivity index (χ3v) is 5.34. The maximum atomic E-state index is 12.2. The lowest BCUT2D eigenvalue weighted by atomic mass is 9.79. The van der Waals surface area contributed by atoms with Gasteiger partial charge in [-0.15, -0.1) is 0 Å². The van der Waals surface area contributed by atoms with E-state index in [1.807, 2.05) is 13.2 Å². The fourth-order valence-corrected chi connectivity index (χ4v) is 4.07. The summed E-state index contributed by atoms with van der Waals surface area (Å²) in [5.74, 6) is 0.598. The molecule has 1 aromatic rings. The molecule has 2 N–H and O–H groups in total. The molecule has 6 heteroatoms. The third-order valence-electron chi connectivity index (χ3n) is 5.34. The third kappa shape index (κ3) is 4.05. The smallest absolute Gasteiger partial charge is 0.320 e. The van der Waals surface area contributed by atoms with Gasteiger partial charge < -0.3 is 5.32 Å². The summed E-state index contributed by atoms with van der Waals surface area (Å²) >= 11 is 0. The van der Waals surface area contributed by atoms with Gasteiger partial charge in [-0.2, -0.15) is 5.10 Å². The molecule has 0 spiro atoms. The highest BCUT2D eigenvalue weighted by Gasteiger charge is 2.38. The normalized spacial score (nSPS) is 21.8. The summed E-state index contributed by atoms with van der Waals surface area (Å²) in [5.41, 5.74) is 0.167. The second-order valence-corrected chi connectivity index (χ2v) is 7.02. The molecule has 1 saturated carbocycles. The van der Waals surface area contributed by atoms with Gasteiger partial charge >= 0.3 is 6.03 Å². The Hall–Kier alpha value is -1.56. The number of amides is 2. The molecule has 0 radical (unpaired) electrons. The van der Waals surface area contributed by atoms with Crippen molar-refractivity contribution < 1.29 is 4.79 Å². The van der Waals surface area contributed by atoms with E-state index in [0.29, 0.717) is 5.82 Å². The summed E-state index contributed by atoms with van der Waals surface area (Å²) in [7, 11) is 1.84. The lowest BCUT2D eigenvalue weighted by Gasteiger charge is -2.48. The van der Waals surface area contributed by atoms with Crippen molar-refractivity contribution in [3.05, 3.63) is 12.3 Å². The number of nitrogens with zero attached hydrogens (tertiary/aromatic N) is 3. The molecule has 2 heterocycles. The van der Waals surface area contributed by atoms with Crippen molar-refractivity contribution in [2.75, 3.05) is 25.0 Å². The number of piperidine rings is 1. The molecule has 2 fully saturated rings. The van der Waals surface area contributed by atoms with Crippen molar-refractivity contribution in [2.24, 2.45) is 7.05 Å². The summed E-state index contributed by atoms with van der Waals surface area (Å²) in [6, 6.07) is 1.66. The molecule has 1 aliphatic carbocycles. The number of likely N-dealkylation sites (tertiary alicyclic amines) is 1. The number of hydrogen-bond donors (Lipinski definition) is 2. The molecule has 6 nitrogen and oxygen atoms in total. The molecule has 23 heavy (non-hydrogen) atoms. The number of hydrogen-bond acceptors (Lipinski definition) is 3. The van der Waals surface area contributed by atoms with E-state index in [2.05, 4.69) is 20.6 Å². The predicted octanol–water partition coefficient (Wildman–Crippen LogP) is 2.73. The highest BCUT2D eigenvalue weighted by molar-refractivity contribution is 5.88. The first-order chi connectivity index (χ1) is 11.2. The molecule has 3 rings (SSSR count). The Balaban J connectivity index is 1.58. The predicted molar refractivity (Wildman–Crippen MR) is 91.5 cm³/mol. The summed E-state index contributed by atoms with van der Waals surface area (Å²) in [5, 5.41) is 10.1. The topological polar surface area (TPSA) is 62.2 Å². The first-order valence-electron chi connectivity index (χ1n) is 8.98. The van der Waals surface area contributed by atoms with Crippen LogP contribution < -0.4 is 10.6 Å². The molecule has 2 amide bonds. The maximum absolute atomic E-state index is 12.2. The van der Waals surface area contributed by atoms with Gasteiger partial charge in [0.05, 0.1) is 0 Å². The number of aromatic nitrogens is 2. The minimum atomic E-state index is -0.148. The maximum Gasteiger partial charge on any atom is 0.320 e. The van der Waals surface area contributed by atoms with Crippen LogP contribution in [0.2, 0.25) is 0 Å². The Kier molecular flexibility index (Phi) is 5.20. The Morgan fingerprint density at radius 3 is 2.52 bits per heavy atom. The van der Waals surface area contributed by atoms with Gasteiger partial charge in [0.2, 0.25) is 0 Å². The van der Waals surface area contributed by atoms with Gasteiger partial charge in [0, 0.05) is 31.4 Å². The molecule has 1 aliphatic heterocycles. The standard InChI is InChI=1S/C17H29N5O/c1-21-13-8-15(20-21)19-16(23)18-14-17(9-4-2-5-10-17)22-11-6-3-7-12-22/h8,13H,2-7,9-12,14H2,1H3,(H2,18,19,20,23). The van der Waals surface area contributed by atoms with Crippen LogP contribution in [0, 0.1) is 0 Å². The van der Waals surface area contributed by atoms with Crippen molar-refractivity contribution in [1.82, 2.24) is 20.0 Å². The van der Waals surface area contributed by atoms with E-state index < -0.39 is 0 Å². The van der Waals surface area contributed by atoms with Gasteiger partial charge in [0.15, 0.2) is 5.82 Å².